The highest BCUT2D eigenvalue weighted by Gasteiger charge is 2.28. The molecule has 1 saturated heterocycles. The summed E-state index contributed by atoms with van der Waals surface area (Å²) in [6.45, 7) is 10.3. The third kappa shape index (κ3) is 9.01. The Balaban J connectivity index is 0.00000363. The maximum Gasteiger partial charge on any atom is 0.223 e. The lowest BCUT2D eigenvalue weighted by Crippen LogP contribution is -2.46. The van der Waals surface area contributed by atoms with E-state index in [4.69, 9.17) is 4.74 Å². The number of carbonyl (C=O) groups is 1. The van der Waals surface area contributed by atoms with Crippen LogP contribution in [0.5, 0.6) is 5.75 Å². The first kappa shape index (κ1) is 26.5. The Morgan fingerprint density at radius 1 is 1.06 bits per heavy atom. The maximum absolute atomic E-state index is 11.7. The Morgan fingerprint density at radius 2 is 1.75 bits per heavy atom. The SMILES string of the molecule is CCNC(=NCCCN1CCN(c2ccc(OC)cc2)CC1)NCCNC(=O)C1CC1.I. The molecule has 3 N–H and O–H groups in total. The molecule has 1 aromatic rings. The molecule has 0 unspecified atom stereocenters. The standard InChI is InChI=1S/C23H38N6O2.HI/c1-3-24-23(27-13-12-25-22(30)19-5-6-19)26-11-4-14-28-15-17-29(18-16-28)20-7-9-21(31-2)10-8-20;/h7-10,19H,3-6,11-18H2,1-2H3,(H,25,30)(H2,24,26,27);1H. The van der Waals surface area contributed by atoms with Gasteiger partial charge in [-0.05, 0) is 50.5 Å². The van der Waals surface area contributed by atoms with Crippen LogP contribution in [0, 0.1) is 5.92 Å². The third-order valence-electron chi connectivity index (χ3n) is 5.72. The van der Waals surface area contributed by atoms with Gasteiger partial charge in [0.15, 0.2) is 5.96 Å². The molecular weight excluding hydrogens is 519 g/mol. The van der Waals surface area contributed by atoms with Crippen molar-refractivity contribution in [2.45, 2.75) is 26.2 Å². The number of anilines is 1. The molecule has 2 aliphatic rings. The number of nitrogens with zero attached hydrogens (tertiary/aromatic N) is 3. The topological polar surface area (TPSA) is 81.2 Å². The van der Waals surface area contributed by atoms with Crippen LogP contribution >= 0.6 is 24.0 Å². The van der Waals surface area contributed by atoms with E-state index in [0.29, 0.717) is 13.1 Å². The first-order chi connectivity index (χ1) is 15.2. The van der Waals surface area contributed by atoms with Gasteiger partial charge in [0.1, 0.15) is 5.75 Å². The van der Waals surface area contributed by atoms with Crippen LogP contribution in [0.4, 0.5) is 5.69 Å². The maximum atomic E-state index is 11.7. The number of aliphatic imine (C=N–C) groups is 1. The first-order valence-corrected chi connectivity index (χ1v) is 11.6. The molecule has 1 heterocycles. The number of carbonyl (C=O) groups excluding carboxylic acids is 1. The number of hydrogen-bond donors (Lipinski definition) is 3. The fourth-order valence-electron chi connectivity index (χ4n) is 3.71. The van der Waals surface area contributed by atoms with Crippen molar-refractivity contribution in [3.8, 4) is 5.75 Å². The van der Waals surface area contributed by atoms with Gasteiger partial charge in [0.05, 0.1) is 7.11 Å². The molecule has 1 aliphatic heterocycles. The minimum absolute atomic E-state index is 0. The van der Waals surface area contributed by atoms with Gasteiger partial charge in [0.2, 0.25) is 5.91 Å². The molecule has 0 aromatic heterocycles. The molecule has 9 heteroatoms. The van der Waals surface area contributed by atoms with E-state index in [9.17, 15) is 4.79 Å². The predicted molar refractivity (Wildman–Crippen MR) is 141 cm³/mol. The van der Waals surface area contributed by atoms with Crippen LogP contribution in [0.15, 0.2) is 29.3 Å². The van der Waals surface area contributed by atoms with Crippen LogP contribution in [-0.4, -0.2) is 82.8 Å². The lowest BCUT2D eigenvalue weighted by atomic mass is 10.2. The number of guanidine groups is 1. The summed E-state index contributed by atoms with van der Waals surface area (Å²) in [6.07, 6.45) is 3.12. The second kappa shape index (κ2) is 14.4. The van der Waals surface area contributed by atoms with Gasteiger partial charge in [0.25, 0.3) is 0 Å². The zero-order valence-electron chi connectivity index (χ0n) is 19.4. The average molecular weight is 559 g/mol. The van der Waals surface area contributed by atoms with E-state index in [0.717, 1.165) is 76.8 Å². The van der Waals surface area contributed by atoms with Gasteiger partial charge in [-0.25, -0.2) is 0 Å². The minimum Gasteiger partial charge on any atom is -0.497 e. The van der Waals surface area contributed by atoms with E-state index in [2.05, 4.69) is 49.8 Å². The van der Waals surface area contributed by atoms with Gasteiger partial charge in [-0.15, -0.1) is 24.0 Å². The zero-order chi connectivity index (χ0) is 21.9. The van der Waals surface area contributed by atoms with E-state index in [1.165, 1.54) is 5.69 Å². The van der Waals surface area contributed by atoms with Crippen LogP contribution in [0.1, 0.15) is 26.2 Å². The fourth-order valence-corrected chi connectivity index (χ4v) is 3.71. The highest BCUT2D eigenvalue weighted by atomic mass is 127. The number of rotatable bonds is 11. The first-order valence-electron chi connectivity index (χ1n) is 11.6. The molecule has 3 rings (SSSR count). The smallest absolute Gasteiger partial charge is 0.223 e. The fraction of sp³-hybridized carbons (Fsp3) is 0.652. The largest absolute Gasteiger partial charge is 0.497 e. The van der Waals surface area contributed by atoms with E-state index in [1.54, 1.807) is 7.11 Å². The Morgan fingerprint density at radius 3 is 2.38 bits per heavy atom. The molecule has 8 nitrogen and oxygen atoms in total. The molecule has 0 atom stereocenters. The van der Waals surface area contributed by atoms with Gasteiger partial charge in [-0.2, -0.15) is 0 Å². The van der Waals surface area contributed by atoms with Crippen LogP contribution in [0.2, 0.25) is 0 Å². The molecule has 0 radical (unpaired) electrons. The summed E-state index contributed by atoms with van der Waals surface area (Å²) in [7, 11) is 1.70. The van der Waals surface area contributed by atoms with Gasteiger partial charge in [-0.1, -0.05) is 0 Å². The molecule has 1 saturated carbocycles. The van der Waals surface area contributed by atoms with Crippen LogP contribution in [0.3, 0.4) is 0 Å². The van der Waals surface area contributed by atoms with Gasteiger partial charge in [0, 0.05) is 70.5 Å². The molecule has 2 fully saturated rings. The average Bonchev–Trinajstić information content (AvgIpc) is 3.65. The molecular formula is C23H39IN6O2. The Hall–Kier alpha value is -1.75. The third-order valence-corrected chi connectivity index (χ3v) is 5.72. The molecule has 1 aromatic carbocycles. The van der Waals surface area contributed by atoms with Crippen molar-refractivity contribution in [1.82, 2.24) is 20.9 Å². The summed E-state index contributed by atoms with van der Waals surface area (Å²) < 4.78 is 5.25. The Kier molecular flexibility index (Phi) is 11.9. The van der Waals surface area contributed by atoms with Crippen molar-refractivity contribution in [3.63, 3.8) is 0 Å². The number of piperazine rings is 1. The number of hydrogen-bond acceptors (Lipinski definition) is 5. The summed E-state index contributed by atoms with van der Waals surface area (Å²) in [5.41, 5.74) is 1.26. The summed E-state index contributed by atoms with van der Waals surface area (Å²) >= 11 is 0. The molecule has 32 heavy (non-hydrogen) atoms. The molecule has 0 bridgehead atoms. The van der Waals surface area contributed by atoms with Crippen LogP contribution < -0.4 is 25.6 Å². The molecule has 1 amide bonds. The number of benzene rings is 1. The predicted octanol–water partition coefficient (Wildman–Crippen LogP) is 1.91. The Labute approximate surface area is 209 Å². The van der Waals surface area contributed by atoms with Crippen molar-refractivity contribution >= 4 is 41.5 Å². The zero-order valence-corrected chi connectivity index (χ0v) is 21.8. The second-order valence-corrected chi connectivity index (χ2v) is 8.13. The van der Waals surface area contributed by atoms with Crippen molar-refractivity contribution < 1.29 is 9.53 Å². The second-order valence-electron chi connectivity index (χ2n) is 8.13. The molecule has 180 valence electrons. The minimum atomic E-state index is 0. The van der Waals surface area contributed by atoms with Crippen LogP contribution in [0.25, 0.3) is 0 Å². The monoisotopic (exact) mass is 558 g/mol. The number of nitrogens with one attached hydrogen (secondary N) is 3. The molecule has 1 aliphatic carbocycles. The van der Waals surface area contributed by atoms with E-state index < -0.39 is 0 Å². The van der Waals surface area contributed by atoms with Gasteiger partial charge < -0.3 is 25.6 Å². The highest BCUT2D eigenvalue weighted by molar-refractivity contribution is 14.0. The Bertz CT molecular complexity index is 703. The van der Waals surface area contributed by atoms with E-state index >= 15 is 0 Å². The lowest BCUT2D eigenvalue weighted by Gasteiger charge is -2.36. The number of halogens is 1. The van der Waals surface area contributed by atoms with Crippen molar-refractivity contribution in [3.05, 3.63) is 24.3 Å². The van der Waals surface area contributed by atoms with Crippen molar-refractivity contribution in [2.24, 2.45) is 10.9 Å². The van der Waals surface area contributed by atoms with Gasteiger partial charge >= 0.3 is 0 Å². The van der Waals surface area contributed by atoms with E-state index in [1.807, 2.05) is 12.1 Å². The summed E-state index contributed by atoms with van der Waals surface area (Å²) in [6, 6.07) is 8.32. The summed E-state index contributed by atoms with van der Waals surface area (Å²) in [5, 5.41) is 9.55. The van der Waals surface area contributed by atoms with Crippen molar-refractivity contribution in [1.29, 1.82) is 0 Å². The van der Waals surface area contributed by atoms with Gasteiger partial charge in [-0.3, -0.25) is 14.7 Å². The number of ether oxygens (including phenoxy) is 1. The number of methoxy groups -OCH3 is 1. The summed E-state index contributed by atoms with van der Waals surface area (Å²) in [4.78, 5) is 21.3. The van der Waals surface area contributed by atoms with Crippen LogP contribution in [-0.2, 0) is 4.79 Å². The number of amides is 1. The molecule has 0 spiro atoms. The summed E-state index contributed by atoms with van der Waals surface area (Å²) in [5.74, 6) is 2.18. The van der Waals surface area contributed by atoms with E-state index in [-0.39, 0.29) is 35.8 Å². The quantitative estimate of drug-likeness (QED) is 0.167. The highest BCUT2D eigenvalue weighted by Crippen LogP contribution is 2.28. The normalized spacial score (nSPS) is 16.8. The lowest BCUT2D eigenvalue weighted by molar-refractivity contribution is -0.122. The van der Waals surface area contributed by atoms with Crippen molar-refractivity contribution in [2.75, 3.05) is 70.9 Å².